The maximum Gasteiger partial charge on any atom is 0.426 e. The van der Waals surface area contributed by atoms with Crippen molar-refractivity contribution in [2.45, 2.75) is 76.9 Å². The molecule has 2 aromatic heterocycles. The summed E-state index contributed by atoms with van der Waals surface area (Å²) in [5, 5.41) is 11.4. The van der Waals surface area contributed by atoms with Crippen LogP contribution < -0.4 is 0 Å². The molecule has 5 rings (SSSR count). The maximum absolute atomic E-state index is 13.5. The highest BCUT2D eigenvalue weighted by molar-refractivity contribution is 6.35. The molecule has 0 saturated carbocycles. The summed E-state index contributed by atoms with van der Waals surface area (Å²) in [6.07, 6.45) is -0.646. The average molecular weight is 593 g/mol. The first-order valence-corrected chi connectivity index (χ1v) is 13.8. The molecule has 0 spiro atoms. The minimum absolute atomic E-state index is 0.00231. The monoisotopic (exact) mass is 592 g/mol. The number of nitrogens with one attached hydrogen (secondary N) is 1. The van der Waals surface area contributed by atoms with Gasteiger partial charge in [0.1, 0.15) is 11.2 Å². The molecule has 12 heteroatoms. The highest BCUT2D eigenvalue weighted by Gasteiger charge is 2.57. The van der Waals surface area contributed by atoms with Gasteiger partial charge in [-0.05, 0) is 81.3 Å². The lowest BCUT2D eigenvalue weighted by molar-refractivity contribution is -0.250. The molecular weight excluding hydrogens is 561 g/mol. The summed E-state index contributed by atoms with van der Waals surface area (Å²) < 4.78 is 46.2. The predicted octanol–water partition coefficient (Wildman–Crippen LogP) is 6.15. The van der Waals surface area contributed by atoms with Gasteiger partial charge in [-0.2, -0.15) is 13.2 Å². The van der Waals surface area contributed by atoms with Crippen molar-refractivity contribution in [2.75, 3.05) is 13.1 Å². The lowest BCUT2D eigenvalue weighted by atomic mass is 9.86. The van der Waals surface area contributed by atoms with Crippen LogP contribution in [-0.4, -0.2) is 67.3 Å². The Hall–Kier alpha value is -3.31. The van der Waals surface area contributed by atoms with E-state index in [9.17, 15) is 27.9 Å². The number of rotatable bonds is 3. The second kappa shape index (κ2) is 10.2. The number of fused-ring (bicyclic) bond motifs is 2. The van der Waals surface area contributed by atoms with Crippen molar-refractivity contribution < 1.29 is 32.6 Å². The number of ether oxygens (including phenoxy) is 1. The molecule has 2 aliphatic rings. The van der Waals surface area contributed by atoms with E-state index < -0.39 is 35.4 Å². The Morgan fingerprint density at radius 2 is 1.85 bits per heavy atom. The van der Waals surface area contributed by atoms with Crippen molar-refractivity contribution >= 4 is 34.6 Å². The van der Waals surface area contributed by atoms with Gasteiger partial charge in [-0.1, -0.05) is 17.7 Å². The van der Waals surface area contributed by atoms with E-state index in [1.807, 2.05) is 18.2 Å². The van der Waals surface area contributed by atoms with Gasteiger partial charge < -0.3 is 24.6 Å². The Morgan fingerprint density at radius 1 is 1.12 bits per heavy atom. The van der Waals surface area contributed by atoms with E-state index in [0.29, 0.717) is 42.5 Å². The topological polar surface area (TPSA) is 98.8 Å². The number of halogens is 4. The van der Waals surface area contributed by atoms with Gasteiger partial charge in [-0.25, -0.2) is 9.78 Å². The van der Waals surface area contributed by atoms with Gasteiger partial charge in [-0.15, -0.1) is 0 Å². The number of benzene rings is 1. The zero-order valence-electron chi connectivity index (χ0n) is 23.2. The second-order valence-corrected chi connectivity index (χ2v) is 12.2. The molecule has 41 heavy (non-hydrogen) atoms. The number of amides is 2. The van der Waals surface area contributed by atoms with E-state index in [0.717, 1.165) is 32.5 Å². The van der Waals surface area contributed by atoms with Crippen LogP contribution in [0.2, 0.25) is 5.02 Å². The Bertz CT molecular complexity index is 1510. The van der Waals surface area contributed by atoms with Crippen LogP contribution in [0.25, 0.3) is 22.2 Å². The van der Waals surface area contributed by atoms with Crippen molar-refractivity contribution in [3.8, 4) is 11.1 Å². The SMILES string of the molecule is CC(C)(C)OC(=O)N1CCC[C@H]1c1cc(-c2cnc3[nH]cc(Cl)c3c2)cc2c1CN(C(=O)C(C)(O)C(F)(F)F)CC2. The van der Waals surface area contributed by atoms with Crippen molar-refractivity contribution in [1.82, 2.24) is 19.8 Å². The number of likely N-dealkylation sites (tertiary alicyclic amines) is 1. The molecule has 0 radical (unpaired) electrons. The summed E-state index contributed by atoms with van der Waals surface area (Å²) in [7, 11) is 0. The summed E-state index contributed by atoms with van der Waals surface area (Å²) in [6.45, 7) is 6.15. The van der Waals surface area contributed by atoms with E-state index in [1.165, 1.54) is 0 Å². The summed E-state index contributed by atoms with van der Waals surface area (Å²) >= 11 is 6.34. The minimum atomic E-state index is -5.12. The Kier molecular flexibility index (Phi) is 7.26. The number of pyridine rings is 1. The molecule has 2 N–H and O–H groups in total. The number of H-pyrrole nitrogens is 1. The fraction of sp³-hybridized carbons (Fsp3) is 0.483. The van der Waals surface area contributed by atoms with Crippen LogP contribution in [0.5, 0.6) is 0 Å². The van der Waals surface area contributed by atoms with Crippen LogP contribution in [0.1, 0.15) is 63.3 Å². The molecule has 2 atom stereocenters. The molecule has 3 aromatic rings. The highest BCUT2D eigenvalue weighted by atomic mass is 35.5. The molecule has 2 amide bonds. The van der Waals surface area contributed by atoms with Crippen molar-refractivity contribution in [2.24, 2.45) is 0 Å². The normalized spacial score (nSPS) is 19.3. The average Bonchev–Trinajstić information content (AvgIpc) is 3.52. The van der Waals surface area contributed by atoms with Crippen molar-refractivity contribution in [3.63, 3.8) is 0 Å². The minimum Gasteiger partial charge on any atom is -0.444 e. The number of hydrogen-bond acceptors (Lipinski definition) is 5. The summed E-state index contributed by atoms with van der Waals surface area (Å²) in [5.74, 6) is -1.40. The Labute approximate surface area is 240 Å². The van der Waals surface area contributed by atoms with Crippen LogP contribution in [0.4, 0.5) is 18.0 Å². The summed E-state index contributed by atoms with van der Waals surface area (Å²) in [4.78, 5) is 36.3. The molecular formula is C29H32ClF3N4O4. The molecule has 1 fully saturated rings. The van der Waals surface area contributed by atoms with Crippen molar-refractivity contribution in [1.29, 1.82) is 0 Å². The molecule has 4 heterocycles. The number of carbonyl (C=O) groups excluding carboxylic acids is 2. The Morgan fingerprint density at radius 3 is 2.54 bits per heavy atom. The molecule has 0 aliphatic carbocycles. The van der Waals surface area contributed by atoms with Gasteiger partial charge in [-0.3, -0.25) is 4.79 Å². The van der Waals surface area contributed by atoms with Gasteiger partial charge in [0.25, 0.3) is 5.91 Å². The smallest absolute Gasteiger partial charge is 0.426 e. The van der Waals surface area contributed by atoms with Crippen LogP contribution in [0, 0.1) is 0 Å². The van der Waals surface area contributed by atoms with E-state index in [4.69, 9.17) is 16.3 Å². The van der Waals surface area contributed by atoms with Gasteiger partial charge in [0, 0.05) is 43.0 Å². The van der Waals surface area contributed by atoms with E-state index in [1.54, 1.807) is 38.1 Å². The quantitative estimate of drug-likeness (QED) is 0.380. The molecule has 1 unspecified atom stereocenters. The van der Waals surface area contributed by atoms with Crippen LogP contribution >= 0.6 is 11.6 Å². The fourth-order valence-electron chi connectivity index (χ4n) is 5.52. The number of aromatic nitrogens is 2. The summed E-state index contributed by atoms with van der Waals surface area (Å²) in [6, 6.07) is 5.35. The molecule has 8 nitrogen and oxygen atoms in total. The number of aliphatic hydroxyl groups is 1. The first-order valence-electron chi connectivity index (χ1n) is 13.4. The van der Waals surface area contributed by atoms with Crippen LogP contribution in [-0.2, 0) is 22.5 Å². The first-order chi connectivity index (χ1) is 19.1. The highest BCUT2D eigenvalue weighted by Crippen LogP contribution is 2.41. The zero-order valence-corrected chi connectivity index (χ0v) is 24.0. The molecule has 0 bridgehead atoms. The van der Waals surface area contributed by atoms with E-state index in [-0.39, 0.29) is 19.5 Å². The Balaban J connectivity index is 1.59. The fourth-order valence-corrected chi connectivity index (χ4v) is 5.72. The lowest BCUT2D eigenvalue weighted by Gasteiger charge is -2.37. The maximum atomic E-state index is 13.5. The number of carbonyl (C=O) groups is 2. The number of aromatic amines is 1. The lowest BCUT2D eigenvalue weighted by Crippen LogP contribution is -2.56. The van der Waals surface area contributed by atoms with E-state index in [2.05, 4.69) is 9.97 Å². The molecule has 2 aliphatic heterocycles. The van der Waals surface area contributed by atoms with E-state index >= 15 is 0 Å². The second-order valence-electron chi connectivity index (χ2n) is 11.8. The molecule has 1 aromatic carbocycles. The summed E-state index contributed by atoms with van der Waals surface area (Å²) in [5.41, 5.74) is 0.239. The number of alkyl halides is 3. The zero-order chi connectivity index (χ0) is 29.9. The number of nitrogens with zero attached hydrogens (tertiary/aromatic N) is 3. The van der Waals surface area contributed by atoms with Gasteiger partial charge in [0.05, 0.1) is 11.1 Å². The largest absolute Gasteiger partial charge is 0.444 e. The van der Waals surface area contributed by atoms with Crippen LogP contribution in [0.15, 0.2) is 30.6 Å². The third-order valence-corrected chi connectivity index (χ3v) is 8.00. The van der Waals surface area contributed by atoms with Gasteiger partial charge in [0.15, 0.2) is 0 Å². The van der Waals surface area contributed by atoms with Crippen LogP contribution in [0.3, 0.4) is 0 Å². The first kappa shape index (κ1) is 29.2. The third-order valence-electron chi connectivity index (χ3n) is 7.69. The standard InChI is InChI=1S/C29H32ClF3N4O4/c1-27(2,3)41-26(39)37-8-5-6-23(37)19-11-17(18-12-20-22(30)14-35-24(20)34-13-18)10-16-7-9-36(15-21(16)19)25(38)28(4,40)29(31,32)33/h10-14,23,40H,5-9,15H2,1-4H3,(H,34,35)/t23-,28?/m0/s1. The number of hydrogen-bond donors (Lipinski definition) is 2. The predicted molar refractivity (Wildman–Crippen MR) is 147 cm³/mol. The molecule has 220 valence electrons. The van der Waals surface area contributed by atoms with Gasteiger partial charge in [0.2, 0.25) is 5.60 Å². The van der Waals surface area contributed by atoms with Gasteiger partial charge >= 0.3 is 12.3 Å². The van der Waals surface area contributed by atoms with Crippen molar-refractivity contribution in [3.05, 3.63) is 52.3 Å². The molecule has 1 saturated heterocycles. The third kappa shape index (κ3) is 5.49.